The Morgan fingerprint density at radius 3 is 2.67 bits per heavy atom. The molecule has 0 bridgehead atoms. The summed E-state index contributed by atoms with van der Waals surface area (Å²) >= 11 is 6.04. The molecule has 3 aliphatic heterocycles. The highest BCUT2D eigenvalue weighted by molar-refractivity contribution is 7.89. The lowest BCUT2D eigenvalue weighted by atomic mass is 9.96. The van der Waals surface area contributed by atoms with Crippen LogP contribution in [0.1, 0.15) is 19.3 Å². The predicted molar refractivity (Wildman–Crippen MR) is 123 cm³/mol. The van der Waals surface area contributed by atoms with Crippen LogP contribution in [0.15, 0.2) is 29.2 Å². The number of ether oxygens (including phenoxy) is 2. The molecule has 11 heteroatoms. The van der Waals surface area contributed by atoms with Gasteiger partial charge < -0.3 is 24.4 Å². The second-order valence-electron chi connectivity index (χ2n) is 9.05. The van der Waals surface area contributed by atoms with E-state index in [1.54, 1.807) is 12.1 Å². The minimum Gasteiger partial charge on any atom is -0.389 e. The van der Waals surface area contributed by atoms with Crippen LogP contribution >= 0.6 is 11.6 Å². The Bertz CT molecular complexity index is 940. The van der Waals surface area contributed by atoms with E-state index in [-0.39, 0.29) is 43.1 Å². The third-order valence-electron chi connectivity index (χ3n) is 6.59. The van der Waals surface area contributed by atoms with Gasteiger partial charge in [0.05, 0.1) is 48.9 Å². The van der Waals surface area contributed by atoms with Crippen LogP contribution < -0.4 is 0 Å². The monoisotopic (exact) mass is 501 g/mol. The van der Waals surface area contributed by atoms with E-state index >= 15 is 0 Å². The summed E-state index contributed by atoms with van der Waals surface area (Å²) in [4.78, 5) is 16.9. The molecular formula is C22H32ClN3O6S. The van der Waals surface area contributed by atoms with Gasteiger partial charge in [-0.1, -0.05) is 17.7 Å². The predicted octanol–water partition coefficient (Wildman–Crippen LogP) is 0.802. The highest BCUT2D eigenvalue weighted by atomic mass is 35.5. The van der Waals surface area contributed by atoms with Gasteiger partial charge >= 0.3 is 0 Å². The van der Waals surface area contributed by atoms with E-state index in [1.807, 2.05) is 11.9 Å². The van der Waals surface area contributed by atoms with Gasteiger partial charge in [-0.15, -0.1) is 0 Å². The molecule has 3 saturated heterocycles. The van der Waals surface area contributed by atoms with Gasteiger partial charge in [0.1, 0.15) is 0 Å². The van der Waals surface area contributed by atoms with Crippen LogP contribution in [-0.2, 0) is 24.3 Å². The van der Waals surface area contributed by atoms with Gasteiger partial charge in [0, 0.05) is 37.7 Å². The maximum Gasteiger partial charge on any atom is 0.243 e. The number of carbonyl (C=O) groups is 1. The molecule has 9 nitrogen and oxygen atoms in total. The van der Waals surface area contributed by atoms with Gasteiger partial charge in [-0.05, 0) is 38.1 Å². The van der Waals surface area contributed by atoms with E-state index in [2.05, 4.69) is 4.90 Å². The summed E-state index contributed by atoms with van der Waals surface area (Å²) in [6, 6.07) is 5.62. The van der Waals surface area contributed by atoms with Gasteiger partial charge in [0.2, 0.25) is 15.9 Å². The zero-order valence-electron chi connectivity index (χ0n) is 18.8. The Labute approximate surface area is 200 Å². The number of aliphatic hydroxyl groups is 1. The molecule has 4 atom stereocenters. The molecule has 0 spiro atoms. The number of fused-ring (bicyclic) bond motifs is 1. The number of hydrogen-bond donors (Lipinski definition) is 1. The summed E-state index contributed by atoms with van der Waals surface area (Å²) in [5.41, 5.74) is 0. The maximum atomic E-state index is 13.5. The first-order valence-corrected chi connectivity index (χ1v) is 13.2. The van der Waals surface area contributed by atoms with E-state index in [9.17, 15) is 18.3 Å². The Balaban J connectivity index is 1.48. The number of sulfonamides is 1. The van der Waals surface area contributed by atoms with E-state index in [4.69, 9.17) is 21.1 Å². The van der Waals surface area contributed by atoms with Gasteiger partial charge in [-0.3, -0.25) is 4.79 Å². The van der Waals surface area contributed by atoms with Crippen LogP contribution in [0.25, 0.3) is 0 Å². The summed E-state index contributed by atoms with van der Waals surface area (Å²) in [5, 5.41) is 10.6. The van der Waals surface area contributed by atoms with Crippen molar-refractivity contribution in [1.82, 2.24) is 14.1 Å². The Kier molecular flexibility index (Phi) is 7.95. The van der Waals surface area contributed by atoms with Crippen molar-refractivity contribution in [2.45, 2.75) is 48.5 Å². The molecule has 3 heterocycles. The zero-order valence-corrected chi connectivity index (χ0v) is 20.4. The third kappa shape index (κ3) is 5.87. The van der Waals surface area contributed by atoms with Gasteiger partial charge in [0.15, 0.2) is 0 Å². The quantitative estimate of drug-likeness (QED) is 0.651. The summed E-state index contributed by atoms with van der Waals surface area (Å²) in [6.07, 6.45) is -0.417. The van der Waals surface area contributed by atoms with Crippen LogP contribution in [-0.4, -0.2) is 111 Å². The first-order chi connectivity index (χ1) is 15.7. The first kappa shape index (κ1) is 24.8. The lowest BCUT2D eigenvalue weighted by Gasteiger charge is -2.44. The number of likely N-dealkylation sites (N-methyl/N-ethyl adjacent to an activating group) is 1. The molecular weight excluding hydrogens is 470 g/mol. The third-order valence-corrected chi connectivity index (χ3v) is 8.72. The number of β-amino-alcohol motifs (C(OH)–C–C–N with tert-alkyl or cyclic N) is 1. The number of amides is 1. The van der Waals surface area contributed by atoms with Crippen LogP contribution in [0.5, 0.6) is 0 Å². The van der Waals surface area contributed by atoms with Crippen molar-refractivity contribution in [3.63, 3.8) is 0 Å². The van der Waals surface area contributed by atoms with E-state index in [1.165, 1.54) is 16.4 Å². The molecule has 0 saturated carbocycles. The largest absolute Gasteiger partial charge is 0.389 e. The van der Waals surface area contributed by atoms with Crippen molar-refractivity contribution in [2.75, 3.05) is 53.0 Å². The number of aliphatic hydroxyl groups excluding tert-OH is 1. The summed E-state index contributed by atoms with van der Waals surface area (Å²) < 4.78 is 40.2. The van der Waals surface area contributed by atoms with Crippen molar-refractivity contribution in [1.29, 1.82) is 0 Å². The molecule has 4 rings (SSSR count). The molecule has 0 unspecified atom stereocenters. The van der Waals surface area contributed by atoms with Crippen molar-refractivity contribution >= 4 is 27.5 Å². The second kappa shape index (κ2) is 10.6. The van der Waals surface area contributed by atoms with Crippen LogP contribution in [0, 0.1) is 0 Å². The van der Waals surface area contributed by atoms with Gasteiger partial charge in [-0.25, -0.2) is 8.42 Å². The smallest absolute Gasteiger partial charge is 0.243 e. The molecule has 3 fully saturated rings. The van der Waals surface area contributed by atoms with Crippen molar-refractivity contribution in [3.05, 3.63) is 29.3 Å². The van der Waals surface area contributed by atoms with E-state index < -0.39 is 28.3 Å². The molecule has 184 valence electrons. The molecule has 33 heavy (non-hydrogen) atoms. The van der Waals surface area contributed by atoms with Crippen LogP contribution in [0.2, 0.25) is 5.02 Å². The molecule has 0 aliphatic carbocycles. The summed E-state index contributed by atoms with van der Waals surface area (Å²) in [5.74, 6) is 0.0668. The fourth-order valence-electron chi connectivity index (χ4n) is 4.71. The van der Waals surface area contributed by atoms with Crippen molar-refractivity contribution in [2.24, 2.45) is 0 Å². The number of benzene rings is 1. The fraction of sp³-hybridized carbons (Fsp3) is 0.682. The van der Waals surface area contributed by atoms with Gasteiger partial charge in [-0.2, -0.15) is 4.31 Å². The number of halogens is 1. The normalized spacial score (nSPS) is 30.3. The van der Waals surface area contributed by atoms with Crippen molar-refractivity contribution < 1.29 is 27.8 Å². The topological polar surface area (TPSA) is 99.6 Å². The first-order valence-electron chi connectivity index (χ1n) is 11.4. The molecule has 3 aliphatic rings. The summed E-state index contributed by atoms with van der Waals surface area (Å²) in [7, 11) is -1.87. The van der Waals surface area contributed by atoms with Crippen molar-refractivity contribution in [3.8, 4) is 0 Å². The second-order valence-corrected chi connectivity index (χ2v) is 11.4. The number of piperazine rings is 1. The standard InChI is InChI=1S/C22H32ClN3O6S/c1-24-7-9-25(10-8-24)22(28)12-18-5-6-20-21(32-18)15-31-14-17(27)13-26(20)33(29,30)19-4-2-3-16(23)11-19/h2-4,11,17-18,20-21,27H,5-10,12-15H2,1H3/t17-,18+,20+,21-/m1/s1. The molecule has 1 aromatic rings. The highest BCUT2D eigenvalue weighted by Gasteiger charge is 2.43. The lowest BCUT2D eigenvalue weighted by molar-refractivity contribution is -0.152. The zero-order chi connectivity index (χ0) is 23.6. The van der Waals surface area contributed by atoms with Crippen LogP contribution in [0.4, 0.5) is 0 Å². The Morgan fingerprint density at radius 2 is 1.94 bits per heavy atom. The molecule has 0 radical (unpaired) electrons. The number of rotatable bonds is 4. The Hall–Kier alpha value is -1.27. The molecule has 1 aromatic carbocycles. The average molecular weight is 502 g/mol. The number of carbonyl (C=O) groups excluding carboxylic acids is 1. The minimum absolute atomic E-state index is 0.0129. The molecule has 1 amide bonds. The molecule has 0 aromatic heterocycles. The average Bonchev–Trinajstić information content (AvgIpc) is 2.77. The SMILES string of the molecule is CN1CCN(C(=O)C[C@@H]2CC[C@H]3[C@@H](COC[C@H](O)CN3S(=O)(=O)c3cccc(Cl)c3)O2)CC1. The van der Waals surface area contributed by atoms with Gasteiger partial charge in [0.25, 0.3) is 0 Å². The lowest BCUT2D eigenvalue weighted by Crippen LogP contribution is -2.57. The maximum absolute atomic E-state index is 13.5. The van der Waals surface area contributed by atoms with Crippen LogP contribution in [0.3, 0.4) is 0 Å². The number of nitrogens with zero attached hydrogens (tertiary/aromatic N) is 3. The number of hydrogen-bond acceptors (Lipinski definition) is 7. The highest BCUT2D eigenvalue weighted by Crippen LogP contribution is 2.32. The Morgan fingerprint density at radius 1 is 1.18 bits per heavy atom. The minimum atomic E-state index is -3.92. The van der Waals surface area contributed by atoms with E-state index in [0.717, 1.165) is 13.1 Å². The summed E-state index contributed by atoms with van der Waals surface area (Å²) in [6.45, 7) is 3.20. The fourth-order valence-corrected chi connectivity index (χ4v) is 6.73. The van der Waals surface area contributed by atoms with E-state index in [0.29, 0.717) is 31.0 Å². The molecule has 1 N–H and O–H groups in total.